The largest absolute Gasteiger partial charge is 0.478 e. The van der Waals surface area contributed by atoms with E-state index < -0.39 is 5.97 Å². The number of benzene rings is 2. The van der Waals surface area contributed by atoms with Gasteiger partial charge in [-0.1, -0.05) is 29.5 Å². The van der Waals surface area contributed by atoms with Crippen molar-refractivity contribution in [1.29, 1.82) is 0 Å². The van der Waals surface area contributed by atoms with Gasteiger partial charge in [-0.2, -0.15) is 4.68 Å². The highest BCUT2D eigenvalue weighted by molar-refractivity contribution is 8.01. The molecule has 4 aromatic rings. The third-order valence-electron chi connectivity index (χ3n) is 3.74. The van der Waals surface area contributed by atoms with Crippen LogP contribution in [0.4, 0.5) is 5.00 Å². The normalized spacial score (nSPS) is 10.6. The molecule has 0 atom stereocenters. The summed E-state index contributed by atoms with van der Waals surface area (Å²) in [7, 11) is 0. The van der Waals surface area contributed by atoms with Gasteiger partial charge in [-0.3, -0.25) is 4.79 Å². The standard InChI is InChI=1S/C18H12N6O3S2/c25-15(11-4-2-1-3-5-11)20-14-10-19-18(28-14)29-17-21-22-23-24(17)13-8-6-12(7-9-13)16(26)27/h1-10H,(H,20,25)(H,26,27). The van der Waals surface area contributed by atoms with Crippen LogP contribution in [0.25, 0.3) is 5.69 Å². The highest BCUT2D eigenvalue weighted by Crippen LogP contribution is 2.33. The number of hydrogen-bond donors (Lipinski definition) is 2. The second-order valence-corrected chi connectivity index (χ2v) is 7.88. The van der Waals surface area contributed by atoms with Gasteiger partial charge in [0.1, 0.15) is 5.00 Å². The van der Waals surface area contributed by atoms with E-state index in [4.69, 9.17) is 5.11 Å². The molecule has 2 aromatic carbocycles. The first-order valence-corrected chi connectivity index (χ1v) is 9.85. The SMILES string of the molecule is O=C(O)c1ccc(-n2nnnc2Sc2ncc(NC(=O)c3ccccc3)s2)cc1. The van der Waals surface area contributed by atoms with Crippen molar-refractivity contribution in [2.24, 2.45) is 0 Å². The van der Waals surface area contributed by atoms with Crippen LogP contribution in [0.2, 0.25) is 0 Å². The summed E-state index contributed by atoms with van der Waals surface area (Å²) in [5.41, 5.74) is 1.36. The fraction of sp³-hybridized carbons (Fsp3) is 0. The van der Waals surface area contributed by atoms with Gasteiger partial charge in [0.2, 0.25) is 5.16 Å². The lowest BCUT2D eigenvalue weighted by atomic mass is 10.2. The number of aromatic nitrogens is 5. The van der Waals surface area contributed by atoms with Crippen LogP contribution < -0.4 is 5.32 Å². The zero-order valence-corrected chi connectivity index (χ0v) is 16.2. The van der Waals surface area contributed by atoms with Crippen molar-refractivity contribution < 1.29 is 14.7 Å². The van der Waals surface area contributed by atoms with E-state index in [1.807, 2.05) is 6.07 Å². The molecule has 0 saturated heterocycles. The highest BCUT2D eigenvalue weighted by Gasteiger charge is 2.14. The van der Waals surface area contributed by atoms with E-state index in [-0.39, 0.29) is 11.5 Å². The third kappa shape index (κ3) is 4.31. The van der Waals surface area contributed by atoms with Crippen molar-refractivity contribution in [3.63, 3.8) is 0 Å². The molecule has 4 rings (SSSR count). The average molecular weight is 424 g/mol. The Hall–Kier alpha value is -3.57. The lowest BCUT2D eigenvalue weighted by molar-refractivity contribution is 0.0696. The number of thiazole rings is 1. The Balaban J connectivity index is 1.48. The van der Waals surface area contributed by atoms with Crippen LogP contribution in [0, 0.1) is 0 Å². The summed E-state index contributed by atoms with van der Waals surface area (Å²) in [5, 5.41) is 24.5. The monoisotopic (exact) mass is 424 g/mol. The minimum atomic E-state index is -1.00. The summed E-state index contributed by atoms with van der Waals surface area (Å²) >= 11 is 2.53. The molecule has 9 nitrogen and oxygen atoms in total. The Kier molecular flexibility index (Phi) is 5.31. The maximum absolute atomic E-state index is 12.2. The van der Waals surface area contributed by atoms with Crippen LogP contribution in [0.3, 0.4) is 0 Å². The number of hydrogen-bond acceptors (Lipinski definition) is 8. The molecule has 0 saturated carbocycles. The second-order valence-electron chi connectivity index (χ2n) is 5.64. The minimum Gasteiger partial charge on any atom is -0.478 e. The molecule has 2 heterocycles. The van der Waals surface area contributed by atoms with E-state index in [0.717, 1.165) is 0 Å². The fourth-order valence-electron chi connectivity index (χ4n) is 2.36. The summed E-state index contributed by atoms with van der Waals surface area (Å²) < 4.78 is 2.13. The lowest BCUT2D eigenvalue weighted by Crippen LogP contribution is -2.10. The predicted molar refractivity (Wildman–Crippen MR) is 107 cm³/mol. The Bertz CT molecular complexity index is 1160. The minimum absolute atomic E-state index is 0.176. The molecule has 0 spiro atoms. The maximum atomic E-state index is 12.2. The van der Waals surface area contributed by atoms with Gasteiger partial charge in [0.15, 0.2) is 4.34 Å². The van der Waals surface area contributed by atoms with Crippen molar-refractivity contribution in [3.8, 4) is 5.69 Å². The van der Waals surface area contributed by atoms with Gasteiger partial charge >= 0.3 is 5.97 Å². The van der Waals surface area contributed by atoms with Gasteiger partial charge in [0.25, 0.3) is 5.91 Å². The van der Waals surface area contributed by atoms with E-state index in [0.29, 0.717) is 25.7 Å². The van der Waals surface area contributed by atoms with Gasteiger partial charge in [-0.05, 0) is 58.6 Å². The second kappa shape index (κ2) is 8.20. The van der Waals surface area contributed by atoms with Crippen LogP contribution in [-0.2, 0) is 0 Å². The molecular weight excluding hydrogens is 412 g/mol. The van der Waals surface area contributed by atoms with E-state index in [2.05, 4.69) is 25.8 Å². The first-order valence-electron chi connectivity index (χ1n) is 8.22. The van der Waals surface area contributed by atoms with Gasteiger partial charge < -0.3 is 10.4 Å². The molecule has 0 aliphatic heterocycles. The first kappa shape index (κ1) is 18.8. The number of tetrazole rings is 1. The first-order chi connectivity index (χ1) is 14.1. The van der Waals surface area contributed by atoms with Crippen molar-refractivity contribution in [3.05, 3.63) is 71.9 Å². The van der Waals surface area contributed by atoms with Crippen molar-refractivity contribution in [1.82, 2.24) is 25.2 Å². The molecule has 2 N–H and O–H groups in total. The van der Waals surface area contributed by atoms with Crippen molar-refractivity contribution in [2.75, 3.05) is 5.32 Å². The van der Waals surface area contributed by atoms with E-state index >= 15 is 0 Å². The molecule has 0 bridgehead atoms. The highest BCUT2D eigenvalue weighted by atomic mass is 32.2. The van der Waals surface area contributed by atoms with Crippen LogP contribution >= 0.6 is 23.1 Å². The molecule has 0 radical (unpaired) electrons. The molecular formula is C18H12N6O3S2. The summed E-state index contributed by atoms with van der Waals surface area (Å²) in [4.78, 5) is 27.5. The number of nitrogens with zero attached hydrogens (tertiary/aromatic N) is 5. The fourth-order valence-corrected chi connectivity index (χ4v) is 4.13. The molecule has 11 heteroatoms. The summed E-state index contributed by atoms with van der Waals surface area (Å²) in [6.07, 6.45) is 1.57. The van der Waals surface area contributed by atoms with E-state index in [1.165, 1.54) is 39.9 Å². The number of carbonyl (C=O) groups is 2. The molecule has 2 aromatic heterocycles. The van der Waals surface area contributed by atoms with E-state index in [9.17, 15) is 9.59 Å². The molecule has 0 fully saturated rings. The van der Waals surface area contributed by atoms with Gasteiger partial charge in [-0.25, -0.2) is 9.78 Å². The number of rotatable bonds is 6. The Morgan fingerprint density at radius 1 is 1.03 bits per heavy atom. The van der Waals surface area contributed by atoms with Gasteiger partial charge in [0, 0.05) is 5.56 Å². The van der Waals surface area contributed by atoms with E-state index in [1.54, 1.807) is 42.6 Å². The zero-order chi connectivity index (χ0) is 20.2. The lowest BCUT2D eigenvalue weighted by Gasteiger charge is -2.03. The van der Waals surface area contributed by atoms with Crippen LogP contribution in [0.1, 0.15) is 20.7 Å². The van der Waals surface area contributed by atoms with Crippen molar-refractivity contribution >= 4 is 40.0 Å². The molecule has 0 unspecified atom stereocenters. The summed E-state index contributed by atoms with van der Waals surface area (Å²) in [5.74, 6) is -1.22. The summed E-state index contributed by atoms with van der Waals surface area (Å²) in [6.45, 7) is 0. The average Bonchev–Trinajstić information content (AvgIpc) is 3.38. The predicted octanol–water partition coefficient (Wildman–Crippen LogP) is 3.22. The Morgan fingerprint density at radius 2 is 1.79 bits per heavy atom. The number of anilines is 1. The molecule has 144 valence electrons. The third-order valence-corrected chi connectivity index (χ3v) is 5.66. The number of aromatic carboxylic acids is 1. The number of nitrogens with one attached hydrogen (secondary N) is 1. The molecule has 29 heavy (non-hydrogen) atoms. The van der Waals surface area contributed by atoms with Crippen LogP contribution in [-0.4, -0.2) is 42.2 Å². The number of carboxylic acid groups (broad SMARTS) is 1. The summed E-state index contributed by atoms with van der Waals surface area (Å²) in [6, 6.07) is 15.1. The Morgan fingerprint density at radius 3 is 2.52 bits per heavy atom. The number of carbonyl (C=O) groups excluding carboxylic acids is 1. The number of amides is 1. The van der Waals surface area contributed by atoms with Gasteiger partial charge in [0.05, 0.1) is 17.4 Å². The molecule has 0 aliphatic rings. The molecule has 1 amide bonds. The van der Waals surface area contributed by atoms with Gasteiger partial charge in [-0.15, -0.1) is 5.10 Å². The van der Waals surface area contributed by atoms with Crippen LogP contribution in [0.5, 0.6) is 0 Å². The smallest absolute Gasteiger partial charge is 0.335 e. The maximum Gasteiger partial charge on any atom is 0.335 e. The topological polar surface area (TPSA) is 123 Å². The quantitative estimate of drug-likeness (QED) is 0.484. The Labute approximate surface area is 172 Å². The van der Waals surface area contributed by atoms with Crippen LogP contribution in [0.15, 0.2) is 70.3 Å². The molecule has 0 aliphatic carbocycles. The number of carboxylic acids is 1. The van der Waals surface area contributed by atoms with Crippen molar-refractivity contribution in [2.45, 2.75) is 9.50 Å². The zero-order valence-electron chi connectivity index (χ0n) is 14.6.